The number of carbonyl (C=O) groups is 1. The zero-order chi connectivity index (χ0) is 14.7. The SMILES string of the molecule is CCOC(=O)NCC1c2ccccc2CCc2sccc21. The van der Waals surface area contributed by atoms with Gasteiger partial charge in [-0.3, -0.25) is 0 Å². The van der Waals surface area contributed by atoms with E-state index in [1.54, 1.807) is 0 Å². The lowest BCUT2D eigenvalue weighted by Crippen LogP contribution is -2.29. The lowest BCUT2D eigenvalue weighted by molar-refractivity contribution is 0.152. The number of aryl methyl sites for hydroxylation is 2. The lowest BCUT2D eigenvalue weighted by atomic mass is 9.90. The highest BCUT2D eigenvalue weighted by molar-refractivity contribution is 7.10. The molecule has 0 aliphatic heterocycles. The van der Waals surface area contributed by atoms with Crippen LogP contribution in [0, 0.1) is 0 Å². The third kappa shape index (κ3) is 2.95. The first kappa shape index (κ1) is 14.1. The van der Waals surface area contributed by atoms with Gasteiger partial charge in [-0.05, 0) is 47.9 Å². The number of ether oxygens (including phenoxy) is 1. The summed E-state index contributed by atoms with van der Waals surface area (Å²) in [7, 11) is 0. The maximum atomic E-state index is 11.6. The van der Waals surface area contributed by atoms with Crippen LogP contribution >= 0.6 is 11.3 Å². The Balaban J connectivity index is 1.89. The molecule has 1 aliphatic carbocycles. The van der Waals surface area contributed by atoms with Crippen molar-refractivity contribution in [2.45, 2.75) is 25.7 Å². The van der Waals surface area contributed by atoms with Gasteiger partial charge in [-0.25, -0.2) is 4.79 Å². The van der Waals surface area contributed by atoms with Crippen molar-refractivity contribution in [2.75, 3.05) is 13.2 Å². The van der Waals surface area contributed by atoms with Gasteiger partial charge in [0.2, 0.25) is 0 Å². The van der Waals surface area contributed by atoms with E-state index in [0.717, 1.165) is 12.8 Å². The molecule has 21 heavy (non-hydrogen) atoms. The number of benzene rings is 1. The molecule has 1 atom stereocenters. The summed E-state index contributed by atoms with van der Waals surface area (Å²) in [6.45, 7) is 2.80. The van der Waals surface area contributed by atoms with E-state index < -0.39 is 0 Å². The van der Waals surface area contributed by atoms with E-state index in [1.807, 2.05) is 18.3 Å². The topological polar surface area (TPSA) is 38.3 Å². The third-order valence-corrected chi connectivity index (χ3v) is 4.93. The second-order valence-electron chi connectivity index (χ2n) is 5.15. The van der Waals surface area contributed by atoms with Gasteiger partial charge in [-0.2, -0.15) is 0 Å². The van der Waals surface area contributed by atoms with Gasteiger partial charge in [0, 0.05) is 17.3 Å². The molecule has 1 aromatic heterocycles. The Hall–Kier alpha value is -1.81. The Morgan fingerprint density at radius 2 is 2.14 bits per heavy atom. The maximum absolute atomic E-state index is 11.6. The van der Waals surface area contributed by atoms with Gasteiger partial charge in [-0.15, -0.1) is 11.3 Å². The summed E-state index contributed by atoms with van der Waals surface area (Å²) in [5.41, 5.74) is 4.06. The fraction of sp³-hybridized carbons (Fsp3) is 0.353. The first-order valence-electron chi connectivity index (χ1n) is 7.34. The fourth-order valence-electron chi connectivity index (χ4n) is 2.97. The molecule has 4 heteroatoms. The molecule has 3 nitrogen and oxygen atoms in total. The minimum absolute atomic E-state index is 0.217. The minimum Gasteiger partial charge on any atom is -0.450 e. The maximum Gasteiger partial charge on any atom is 0.407 e. The summed E-state index contributed by atoms with van der Waals surface area (Å²) in [6.07, 6.45) is 1.82. The Bertz CT molecular complexity index is 635. The smallest absolute Gasteiger partial charge is 0.407 e. The zero-order valence-electron chi connectivity index (χ0n) is 12.1. The molecule has 1 aliphatic rings. The summed E-state index contributed by atoms with van der Waals surface area (Å²) in [5.74, 6) is 0.217. The van der Waals surface area contributed by atoms with Crippen molar-refractivity contribution in [1.29, 1.82) is 0 Å². The molecule has 0 radical (unpaired) electrons. The van der Waals surface area contributed by atoms with E-state index in [9.17, 15) is 4.79 Å². The number of amides is 1. The second kappa shape index (κ2) is 6.31. The minimum atomic E-state index is -0.337. The van der Waals surface area contributed by atoms with Crippen LogP contribution in [0.1, 0.15) is 34.4 Å². The molecule has 1 amide bonds. The van der Waals surface area contributed by atoms with E-state index in [2.05, 4.69) is 41.0 Å². The molecule has 0 fully saturated rings. The number of alkyl carbamates (subject to hydrolysis) is 1. The Kier molecular flexibility index (Phi) is 4.25. The lowest BCUT2D eigenvalue weighted by Gasteiger charge is -2.19. The summed E-state index contributed by atoms with van der Waals surface area (Å²) in [6, 6.07) is 10.7. The van der Waals surface area contributed by atoms with Gasteiger partial charge < -0.3 is 10.1 Å². The van der Waals surface area contributed by atoms with Gasteiger partial charge in [0.15, 0.2) is 0 Å². The highest BCUT2D eigenvalue weighted by atomic mass is 32.1. The normalized spacial score (nSPS) is 16.5. The van der Waals surface area contributed by atoms with E-state index in [0.29, 0.717) is 13.2 Å². The first-order valence-corrected chi connectivity index (χ1v) is 8.22. The predicted molar refractivity (Wildman–Crippen MR) is 85.0 cm³/mol. The van der Waals surface area contributed by atoms with Crippen LogP contribution in [0.25, 0.3) is 0 Å². The van der Waals surface area contributed by atoms with Crippen LogP contribution in [-0.2, 0) is 17.6 Å². The molecule has 0 spiro atoms. The molecule has 0 saturated carbocycles. The van der Waals surface area contributed by atoms with Crippen LogP contribution in [0.15, 0.2) is 35.7 Å². The fourth-order valence-corrected chi connectivity index (χ4v) is 3.91. The third-order valence-electron chi connectivity index (χ3n) is 3.93. The van der Waals surface area contributed by atoms with Crippen molar-refractivity contribution in [2.24, 2.45) is 0 Å². The number of nitrogens with one attached hydrogen (secondary N) is 1. The molecule has 3 rings (SSSR count). The molecule has 1 heterocycles. The van der Waals surface area contributed by atoms with Gasteiger partial charge in [0.05, 0.1) is 6.61 Å². The second-order valence-corrected chi connectivity index (χ2v) is 6.15. The van der Waals surface area contributed by atoms with Crippen LogP contribution in [0.2, 0.25) is 0 Å². The van der Waals surface area contributed by atoms with Crippen LogP contribution in [0.4, 0.5) is 4.79 Å². The van der Waals surface area contributed by atoms with E-state index in [4.69, 9.17) is 4.74 Å². The monoisotopic (exact) mass is 301 g/mol. The van der Waals surface area contributed by atoms with E-state index >= 15 is 0 Å². The van der Waals surface area contributed by atoms with Crippen molar-refractivity contribution >= 4 is 17.4 Å². The van der Waals surface area contributed by atoms with Crippen LogP contribution in [-0.4, -0.2) is 19.2 Å². The first-order chi connectivity index (χ1) is 10.3. The van der Waals surface area contributed by atoms with Crippen molar-refractivity contribution < 1.29 is 9.53 Å². The molecule has 0 bridgehead atoms. The average molecular weight is 301 g/mol. The van der Waals surface area contributed by atoms with Crippen molar-refractivity contribution in [3.05, 3.63) is 57.3 Å². The number of fused-ring (bicyclic) bond motifs is 2. The summed E-state index contributed by atoms with van der Waals surface area (Å²) < 4.78 is 4.97. The Morgan fingerprint density at radius 3 is 3.00 bits per heavy atom. The number of thiophene rings is 1. The highest BCUT2D eigenvalue weighted by Crippen LogP contribution is 2.36. The molecular weight excluding hydrogens is 282 g/mol. The number of carbonyl (C=O) groups excluding carboxylic acids is 1. The van der Waals surface area contributed by atoms with Crippen LogP contribution in [0.3, 0.4) is 0 Å². The molecule has 110 valence electrons. The van der Waals surface area contributed by atoms with Gasteiger partial charge in [0.1, 0.15) is 0 Å². The van der Waals surface area contributed by atoms with E-state index in [-0.39, 0.29) is 12.0 Å². The number of hydrogen-bond acceptors (Lipinski definition) is 3. The van der Waals surface area contributed by atoms with Crippen molar-refractivity contribution in [3.8, 4) is 0 Å². The molecule has 0 saturated heterocycles. The average Bonchev–Trinajstić information content (AvgIpc) is 2.90. The summed E-state index contributed by atoms with van der Waals surface area (Å²) in [5, 5.41) is 5.04. The molecule has 1 N–H and O–H groups in total. The van der Waals surface area contributed by atoms with Gasteiger partial charge in [0.25, 0.3) is 0 Å². The predicted octanol–water partition coefficient (Wildman–Crippen LogP) is 3.72. The molecular formula is C17H19NO2S. The molecule has 2 aromatic rings. The molecule has 1 unspecified atom stereocenters. The largest absolute Gasteiger partial charge is 0.450 e. The summed E-state index contributed by atoms with van der Waals surface area (Å²) >= 11 is 1.81. The molecule has 1 aromatic carbocycles. The summed E-state index contributed by atoms with van der Waals surface area (Å²) in [4.78, 5) is 13.0. The van der Waals surface area contributed by atoms with Gasteiger partial charge >= 0.3 is 6.09 Å². The van der Waals surface area contributed by atoms with Crippen LogP contribution in [0.5, 0.6) is 0 Å². The standard InChI is InChI=1S/C17H19NO2S/c1-2-20-17(19)18-11-15-13-6-4-3-5-12(13)7-8-16-14(15)9-10-21-16/h3-6,9-10,15H,2,7-8,11H2,1H3,(H,18,19). The van der Waals surface area contributed by atoms with Crippen molar-refractivity contribution in [3.63, 3.8) is 0 Å². The van der Waals surface area contributed by atoms with Gasteiger partial charge in [-0.1, -0.05) is 24.3 Å². The van der Waals surface area contributed by atoms with Crippen molar-refractivity contribution in [1.82, 2.24) is 5.32 Å². The Labute approximate surface area is 129 Å². The number of rotatable bonds is 3. The zero-order valence-corrected chi connectivity index (χ0v) is 12.9. The van der Waals surface area contributed by atoms with E-state index in [1.165, 1.54) is 21.6 Å². The highest BCUT2D eigenvalue weighted by Gasteiger charge is 2.24. The number of hydrogen-bond donors (Lipinski definition) is 1. The van der Waals surface area contributed by atoms with Crippen LogP contribution < -0.4 is 5.32 Å². The Morgan fingerprint density at radius 1 is 1.29 bits per heavy atom. The quantitative estimate of drug-likeness (QED) is 0.938.